The molecule has 2 aromatic carbocycles. The molecule has 0 atom stereocenters. The van der Waals surface area contributed by atoms with Gasteiger partial charge in [-0.25, -0.2) is 0 Å². The molecular formula is C16H11BrO3. The molecule has 0 aliphatic rings. The predicted molar refractivity (Wildman–Crippen MR) is 82.2 cm³/mol. The number of methoxy groups -OCH3 is 1. The van der Waals surface area contributed by atoms with Gasteiger partial charge in [0.2, 0.25) is 0 Å². The van der Waals surface area contributed by atoms with E-state index in [-0.39, 0.29) is 5.43 Å². The van der Waals surface area contributed by atoms with E-state index in [1.165, 1.54) is 6.07 Å². The van der Waals surface area contributed by atoms with Crippen LogP contribution in [-0.2, 0) is 0 Å². The van der Waals surface area contributed by atoms with Crippen LogP contribution in [0.2, 0.25) is 0 Å². The van der Waals surface area contributed by atoms with E-state index in [0.29, 0.717) is 22.5 Å². The first kappa shape index (κ1) is 12.9. The molecule has 0 bridgehead atoms. The van der Waals surface area contributed by atoms with Gasteiger partial charge >= 0.3 is 0 Å². The summed E-state index contributed by atoms with van der Waals surface area (Å²) >= 11 is 3.37. The van der Waals surface area contributed by atoms with Crippen molar-refractivity contribution in [2.45, 2.75) is 0 Å². The van der Waals surface area contributed by atoms with E-state index in [1.54, 1.807) is 19.2 Å². The van der Waals surface area contributed by atoms with E-state index in [0.717, 1.165) is 10.0 Å². The number of hydrogen-bond donors (Lipinski definition) is 0. The van der Waals surface area contributed by atoms with Crippen LogP contribution in [0.3, 0.4) is 0 Å². The molecule has 0 spiro atoms. The molecule has 4 heteroatoms. The summed E-state index contributed by atoms with van der Waals surface area (Å²) in [7, 11) is 1.57. The molecule has 3 aromatic rings. The highest BCUT2D eigenvalue weighted by Gasteiger charge is 2.10. The smallest absolute Gasteiger partial charge is 0.193 e. The van der Waals surface area contributed by atoms with E-state index < -0.39 is 0 Å². The highest BCUT2D eigenvalue weighted by atomic mass is 79.9. The minimum Gasteiger partial charge on any atom is -0.495 e. The fraction of sp³-hybridized carbons (Fsp3) is 0.0625. The van der Waals surface area contributed by atoms with Crippen molar-refractivity contribution in [1.82, 2.24) is 0 Å². The van der Waals surface area contributed by atoms with Crippen LogP contribution in [0.5, 0.6) is 5.75 Å². The molecule has 1 heterocycles. The molecule has 3 nitrogen and oxygen atoms in total. The molecular weight excluding hydrogens is 320 g/mol. The molecule has 0 aliphatic carbocycles. The summed E-state index contributed by atoms with van der Waals surface area (Å²) < 4.78 is 11.8. The van der Waals surface area contributed by atoms with Gasteiger partial charge in [0.25, 0.3) is 0 Å². The van der Waals surface area contributed by atoms with Crippen LogP contribution in [0.4, 0.5) is 0 Å². The van der Waals surface area contributed by atoms with Crippen LogP contribution in [0.1, 0.15) is 0 Å². The Bertz CT molecular complexity index is 822. The second kappa shape index (κ2) is 5.13. The Balaban J connectivity index is 2.28. The van der Waals surface area contributed by atoms with Crippen LogP contribution >= 0.6 is 15.9 Å². The number of fused-ring (bicyclic) bond motifs is 1. The number of halogens is 1. The molecule has 0 saturated heterocycles. The van der Waals surface area contributed by atoms with E-state index in [9.17, 15) is 4.79 Å². The van der Waals surface area contributed by atoms with Gasteiger partial charge in [0.15, 0.2) is 5.43 Å². The standard InChI is InChI=1S/C16H11BrO3/c1-19-16-9-15-11(7-12(16)17)13(18)8-14(20-15)10-5-3-2-4-6-10/h2-9H,1H3. The van der Waals surface area contributed by atoms with Crippen LogP contribution in [0, 0.1) is 0 Å². The lowest BCUT2D eigenvalue weighted by atomic mass is 10.1. The van der Waals surface area contributed by atoms with Gasteiger partial charge in [-0.3, -0.25) is 4.79 Å². The lowest BCUT2D eigenvalue weighted by Crippen LogP contribution is -2.01. The molecule has 20 heavy (non-hydrogen) atoms. The van der Waals surface area contributed by atoms with Crippen molar-refractivity contribution in [2.75, 3.05) is 7.11 Å². The minimum absolute atomic E-state index is 0.0755. The molecule has 0 amide bonds. The van der Waals surface area contributed by atoms with Gasteiger partial charge in [-0.05, 0) is 22.0 Å². The maximum atomic E-state index is 12.2. The number of ether oxygens (including phenoxy) is 1. The Morgan fingerprint density at radius 1 is 1.10 bits per heavy atom. The minimum atomic E-state index is -0.0755. The summed E-state index contributed by atoms with van der Waals surface area (Å²) in [6.07, 6.45) is 0. The third-order valence-corrected chi connectivity index (χ3v) is 3.68. The van der Waals surface area contributed by atoms with Crippen molar-refractivity contribution in [3.63, 3.8) is 0 Å². The molecule has 1 aromatic heterocycles. The topological polar surface area (TPSA) is 39.4 Å². The van der Waals surface area contributed by atoms with E-state index in [4.69, 9.17) is 9.15 Å². The Morgan fingerprint density at radius 2 is 1.85 bits per heavy atom. The van der Waals surface area contributed by atoms with Gasteiger partial charge in [0, 0.05) is 17.7 Å². The number of rotatable bonds is 2. The Hall–Kier alpha value is -2.07. The maximum Gasteiger partial charge on any atom is 0.193 e. The van der Waals surface area contributed by atoms with E-state index in [2.05, 4.69) is 15.9 Å². The zero-order valence-electron chi connectivity index (χ0n) is 10.7. The molecule has 0 unspecified atom stereocenters. The molecule has 0 radical (unpaired) electrons. The summed E-state index contributed by atoms with van der Waals surface area (Å²) in [6, 6.07) is 14.5. The van der Waals surface area contributed by atoms with Crippen LogP contribution < -0.4 is 10.2 Å². The number of benzene rings is 2. The van der Waals surface area contributed by atoms with Crippen molar-refractivity contribution in [3.8, 4) is 17.1 Å². The summed E-state index contributed by atoms with van der Waals surface area (Å²) in [4.78, 5) is 12.2. The molecule has 0 N–H and O–H groups in total. The summed E-state index contributed by atoms with van der Waals surface area (Å²) in [5.74, 6) is 1.18. The quantitative estimate of drug-likeness (QED) is 0.705. The van der Waals surface area contributed by atoms with Crippen molar-refractivity contribution in [1.29, 1.82) is 0 Å². The monoisotopic (exact) mass is 330 g/mol. The molecule has 0 fully saturated rings. The van der Waals surface area contributed by atoms with Crippen LogP contribution in [0.25, 0.3) is 22.3 Å². The van der Waals surface area contributed by atoms with Gasteiger partial charge in [-0.2, -0.15) is 0 Å². The lowest BCUT2D eigenvalue weighted by Gasteiger charge is -2.06. The SMILES string of the molecule is COc1cc2oc(-c3ccccc3)cc(=O)c2cc1Br. The largest absolute Gasteiger partial charge is 0.495 e. The summed E-state index contributed by atoms with van der Waals surface area (Å²) in [6.45, 7) is 0. The second-order valence-electron chi connectivity index (χ2n) is 4.32. The molecule has 100 valence electrons. The highest BCUT2D eigenvalue weighted by Crippen LogP contribution is 2.30. The average molecular weight is 331 g/mol. The van der Waals surface area contributed by atoms with Crippen molar-refractivity contribution in [2.24, 2.45) is 0 Å². The van der Waals surface area contributed by atoms with Crippen LogP contribution in [-0.4, -0.2) is 7.11 Å². The van der Waals surface area contributed by atoms with Gasteiger partial charge in [0.1, 0.15) is 17.1 Å². The van der Waals surface area contributed by atoms with Crippen molar-refractivity contribution >= 4 is 26.9 Å². The van der Waals surface area contributed by atoms with Crippen molar-refractivity contribution in [3.05, 3.63) is 63.2 Å². The fourth-order valence-electron chi connectivity index (χ4n) is 2.06. The zero-order chi connectivity index (χ0) is 14.1. The second-order valence-corrected chi connectivity index (χ2v) is 5.18. The first-order valence-corrected chi connectivity index (χ1v) is 6.85. The molecule has 3 rings (SSSR count). The lowest BCUT2D eigenvalue weighted by molar-refractivity contribution is 0.412. The zero-order valence-corrected chi connectivity index (χ0v) is 12.3. The van der Waals surface area contributed by atoms with E-state index in [1.807, 2.05) is 30.3 Å². The van der Waals surface area contributed by atoms with E-state index >= 15 is 0 Å². The molecule has 0 aliphatic heterocycles. The summed E-state index contributed by atoms with van der Waals surface area (Å²) in [5.41, 5.74) is 1.30. The third-order valence-electron chi connectivity index (χ3n) is 3.06. The predicted octanol–water partition coefficient (Wildman–Crippen LogP) is 4.23. The van der Waals surface area contributed by atoms with Gasteiger partial charge in [0.05, 0.1) is 17.0 Å². The van der Waals surface area contributed by atoms with Gasteiger partial charge in [-0.15, -0.1) is 0 Å². The number of hydrogen-bond acceptors (Lipinski definition) is 3. The first-order chi connectivity index (χ1) is 9.69. The highest BCUT2D eigenvalue weighted by molar-refractivity contribution is 9.10. The normalized spacial score (nSPS) is 10.7. The third kappa shape index (κ3) is 2.23. The van der Waals surface area contributed by atoms with Crippen molar-refractivity contribution < 1.29 is 9.15 Å². The van der Waals surface area contributed by atoms with Gasteiger partial charge < -0.3 is 9.15 Å². The molecule has 0 saturated carbocycles. The maximum absolute atomic E-state index is 12.2. The Morgan fingerprint density at radius 3 is 2.55 bits per heavy atom. The van der Waals surface area contributed by atoms with Crippen LogP contribution in [0.15, 0.2) is 62.2 Å². The van der Waals surface area contributed by atoms with Gasteiger partial charge in [-0.1, -0.05) is 30.3 Å². The summed E-state index contributed by atoms with van der Waals surface area (Å²) in [5, 5.41) is 0.525. The Kier molecular flexibility index (Phi) is 3.32. The first-order valence-electron chi connectivity index (χ1n) is 6.06. The average Bonchev–Trinajstić information content (AvgIpc) is 2.48. The Labute approximate surface area is 123 Å². The fourth-order valence-corrected chi connectivity index (χ4v) is 2.56.